The van der Waals surface area contributed by atoms with E-state index in [0.717, 1.165) is 0 Å². The summed E-state index contributed by atoms with van der Waals surface area (Å²) < 4.78 is 5.69. The van der Waals surface area contributed by atoms with Gasteiger partial charge in [-0.1, -0.05) is 23.7 Å². The molecular weight excluding hydrogens is 330 g/mol. The maximum absolute atomic E-state index is 11.9. The van der Waals surface area contributed by atoms with Crippen LogP contribution in [-0.4, -0.2) is 28.4 Å². The van der Waals surface area contributed by atoms with Crippen LogP contribution in [0.4, 0.5) is 0 Å². The number of rotatable bonds is 5. The highest BCUT2D eigenvalue weighted by molar-refractivity contribution is 6.30. The van der Waals surface area contributed by atoms with E-state index in [2.05, 4.69) is 0 Å². The summed E-state index contributed by atoms with van der Waals surface area (Å²) in [4.78, 5) is 24.9. The van der Waals surface area contributed by atoms with E-state index >= 15 is 0 Å². The summed E-state index contributed by atoms with van der Waals surface area (Å²) in [6, 6.07) is 12.7. The Morgan fingerprint density at radius 2 is 1.67 bits per heavy atom. The summed E-state index contributed by atoms with van der Waals surface area (Å²) in [6.45, 7) is 0.471. The van der Waals surface area contributed by atoms with Crippen molar-refractivity contribution in [3.63, 3.8) is 0 Å². The minimum atomic E-state index is -1.03. The number of carboxylic acids is 1. The lowest BCUT2D eigenvalue weighted by molar-refractivity contribution is -0.148. The van der Waals surface area contributed by atoms with Crippen molar-refractivity contribution in [2.75, 3.05) is 6.54 Å². The molecule has 2 aromatic carbocycles. The Morgan fingerprint density at radius 3 is 2.17 bits per heavy atom. The third-order valence-electron chi connectivity index (χ3n) is 3.90. The van der Waals surface area contributed by atoms with Crippen LogP contribution in [0.1, 0.15) is 24.4 Å². The van der Waals surface area contributed by atoms with Crippen molar-refractivity contribution in [1.29, 1.82) is 0 Å². The topological polar surface area (TPSA) is 66.8 Å². The number of hydrogen-bond acceptors (Lipinski definition) is 3. The van der Waals surface area contributed by atoms with Crippen molar-refractivity contribution in [3.05, 3.63) is 59.1 Å². The molecule has 1 aliphatic heterocycles. The standard InChI is InChI=1S/C18H16ClNO4/c19-13-5-9-15(10-6-13)24-14-7-3-12(4-8-14)17(18(22)23)20-11-1-2-16(20)21/h3-10,17H,1-2,11H2,(H,22,23). The Bertz CT molecular complexity index is 743. The van der Waals surface area contributed by atoms with Crippen LogP contribution in [0.2, 0.25) is 5.02 Å². The van der Waals surface area contributed by atoms with Crippen LogP contribution in [0, 0.1) is 0 Å². The van der Waals surface area contributed by atoms with E-state index in [9.17, 15) is 14.7 Å². The van der Waals surface area contributed by atoms with Crippen molar-refractivity contribution >= 4 is 23.5 Å². The second kappa shape index (κ2) is 6.93. The van der Waals surface area contributed by atoms with Gasteiger partial charge in [-0.2, -0.15) is 0 Å². The number of nitrogens with zero attached hydrogens (tertiary/aromatic N) is 1. The first-order valence-electron chi connectivity index (χ1n) is 7.60. The average Bonchev–Trinajstić information content (AvgIpc) is 2.97. The Balaban J connectivity index is 1.78. The van der Waals surface area contributed by atoms with Crippen molar-refractivity contribution in [3.8, 4) is 11.5 Å². The first kappa shape index (κ1) is 16.3. The molecule has 124 valence electrons. The number of halogens is 1. The molecule has 6 heteroatoms. The summed E-state index contributed by atoms with van der Waals surface area (Å²) in [5, 5.41) is 10.1. The van der Waals surface area contributed by atoms with Gasteiger partial charge in [0, 0.05) is 18.0 Å². The van der Waals surface area contributed by atoms with Crippen LogP contribution in [0.15, 0.2) is 48.5 Å². The van der Waals surface area contributed by atoms with Gasteiger partial charge in [-0.3, -0.25) is 4.79 Å². The van der Waals surface area contributed by atoms with Gasteiger partial charge in [0.05, 0.1) is 0 Å². The predicted octanol–water partition coefficient (Wildman–Crippen LogP) is 3.88. The van der Waals surface area contributed by atoms with Gasteiger partial charge in [0.1, 0.15) is 11.5 Å². The number of ether oxygens (including phenoxy) is 1. The Morgan fingerprint density at radius 1 is 1.08 bits per heavy atom. The highest BCUT2D eigenvalue weighted by atomic mass is 35.5. The van der Waals surface area contributed by atoms with E-state index in [1.165, 1.54) is 4.90 Å². The largest absolute Gasteiger partial charge is 0.479 e. The van der Waals surface area contributed by atoms with Gasteiger partial charge < -0.3 is 14.7 Å². The van der Waals surface area contributed by atoms with Crippen LogP contribution >= 0.6 is 11.6 Å². The van der Waals surface area contributed by atoms with E-state index in [0.29, 0.717) is 41.5 Å². The van der Waals surface area contributed by atoms with E-state index in [1.807, 2.05) is 0 Å². The molecular formula is C18H16ClNO4. The maximum atomic E-state index is 11.9. The molecule has 1 atom stereocenters. The van der Waals surface area contributed by atoms with Gasteiger partial charge in [-0.25, -0.2) is 4.79 Å². The molecule has 1 heterocycles. The first-order valence-corrected chi connectivity index (χ1v) is 7.98. The Kier molecular flexibility index (Phi) is 4.71. The number of carbonyl (C=O) groups is 2. The number of aliphatic carboxylic acids is 1. The van der Waals surface area contributed by atoms with Crippen molar-refractivity contribution in [2.24, 2.45) is 0 Å². The smallest absolute Gasteiger partial charge is 0.331 e. The lowest BCUT2D eigenvalue weighted by Crippen LogP contribution is -2.34. The number of hydrogen-bond donors (Lipinski definition) is 1. The van der Waals surface area contributed by atoms with Gasteiger partial charge in [0.2, 0.25) is 5.91 Å². The molecule has 2 aromatic rings. The molecule has 1 amide bonds. The molecule has 24 heavy (non-hydrogen) atoms. The average molecular weight is 346 g/mol. The Hall–Kier alpha value is -2.53. The molecule has 0 aromatic heterocycles. The second-order valence-electron chi connectivity index (χ2n) is 5.56. The quantitative estimate of drug-likeness (QED) is 0.893. The highest BCUT2D eigenvalue weighted by Gasteiger charge is 2.33. The monoisotopic (exact) mass is 345 g/mol. The molecule has 0 bridgehead atoms. The molecule has 1 aliphatic rings. The SMILES string of the molecule is O=C(O)C(c1ccc(Oc2ccc(Cl)cc2)cc1)N1CCCC1=O. The summed E-state index contributed by atoms with van der Waals surface area (Å²) in [5.74, 6) is 0.0649. The normalized spacial score (nSPS) is 15.4. The lowest BCUT2D eigenvalue weighted by Gasteiger charge is -2.24. The van der Waals surface area contributed by atoms with E-state index in [4.69, 9.17) is 16.3 Å². The predicted molar refractivity (Wildman–Crippen MR) is 89.3 cm³/mol. The van der Waals surface area contributed by atoms with Gasteiger partial charge in [-0.05, 0) is 48.4 Å². The van der Waals surface area contributed by atoms with Crippen LogP contribution in [-0.2, 0) is 9.59 Å². The third-order valence-corrected chi connectivity index (χ3v) is 4.15. The first-order chi connectivity index (χ1) is 11.5. The number of likely N-dealkylation sites (tertiary alicyclic amines) is 1. The zero-order valence-electron chi connectivity index (χ0n) is 12.8. The van der Waals surface area contributed by atoms with Crippen LogP contribution in [0.25, 0.3) is 0 Å². The molecule has 0 aliphatic carbocycles. The lowest BCUT2D eigenvalue weighted by atomic mass is 10.1. The van der Waals surface area contributed by atoms with Crippen molar-refractivity contribution in [2.45, 2.75) is 18.9 Å². The zero-order valence-corrected chi connectivity index (χ0v) is 13.6. The summed E-state index contributed by atoms with van der Waals surface area (Å²) in [5.41, 5.74) is 0.557. The molecule has 1 N–H and O–H groups in total. The fourth-order valence-corrected chi connectivity index (χ4v) is 2.88. The summed E-state index contributed by atoms with van der Waals surface area (Å²) >= 11 is 5.83. The molecule has 1 unspecified atom stereocenters. The fourth-order valence-electron chi connectivity index (χ4n) is 2.75. The van der Waals surface area contributed by atoms with Gasteiger partial charge in [-0.15, -0.1) is 0 Å². The minimum Gasteiger partial charge on any atom is -0.479 e. The van der Waals surface area contributed by atoms with Crippen LogP contribution in [0.5, 0.6) is 11.5 Å². The van der Waals surface area contributed by atoms with E-state index < -0.39 is 12.0 Å². The summed E-state index contributed by atoms with van der Waals surface area (Å²) in [6.07, 6.45) is 1.10. The molecule has 0 saturated carbocycles. The van der Waals surface area contributed by atoms with Crippen LogP contribution < -0.4 is 4.74 Å². The molecule has 5 nitrogen and oxygen atoms in total. The minimum absolute atomic E-state index is 0.121. The van der Waals surface area contributed by atoms with Crippen molar-refractivity contribution in [1.82, 2.24) is 4.90 Å². The van der Waals surface area contributed by atoms with Crippen LogP contribution in [0.3, 0.4) is 0 Å². The second-order valence-corrected chi connectivity index (χ2v) is 5.99. The van der Waals surface area contributed by atoms with Gasteiger partial charge in [0.25, 0.3) is 0 Å². The number of carboxylic acid groups (broad SMARTS) is 1. The molecule has 0 radical (unpaired) electrons. The number of benzene rings is 2. The summed E-state index contributed by atoms with van der Waals surface area (Å²) in [7, 11) is 0. The highest BCUT2D eigenvalue weighted by Crippen LogP contribution is 2.29. The molecule has 1 saturated heterocycles. The molecule has 3 rings (SSSR count). The fraction of sp³-hybridized carbons (Fsp3) is 0.222. The van der Waals surface area contributed by atoms with Gasteiger partial charge >= 0.3 is 5.97 Å². The molecule has 0 spiro atoms. The Labute approximate surface area is 144 Å². The van der Waals surface area contributed by atoms with Gasteiger partial charge in [0.15, 0.2) is 6.04 Å². The third kappa shape index (κ3) is 3.51. The van der Waals surface area contributed by atoms with E-state index in [1.54, 1.807) is 48.5 Å². The number of carbonyl (C=O) groups excluding carboxylic acids is 1. The number of amides is 1. The zero-order chi connectivity index (χ0) is 17.1. The maximum Gasteiger partial charge on any atom is 0.331 e. The van der Waals surface area contributed by atoms with Crippen molar-refractivity contribution < 1.29 is 19.4 Å². The molecule has 1 fully saturated rings. The van der Waals surface area contributed by atoms with E-state index in [-0.39, 0.29) is 5.91 Å².